The number of nitrogens with zero attached hydrogens (tertiary/aromatic N) is 6. The first-order valence-corrected chi connectivity index (χ1v) is 6.09. The van der Waals surface area contributed by atoms with Crippen LogP contribution in [0.15, 0.2) is 18.5 Å². The fourth-order valence-electron chi connectivity index (χ4n) is 2.09. The van der Waals surface area contributed by atoms with Crippen molar-refractivity contribution in [3.63, 3.8) is 0 Å². The Morgan fingerprint density at radius 2 is 1.72 bits per heavy atom. The SMILES string of the molecule is Nc1nc(N2CCCCC2)nn1-c1ncccn1. The Labute approximate surface area is 105 Å². The van der Waals surface area contributed by atoms with Crippen molar-refractivity contribution < 1.29 is 0 Å². The second-order valence-electron chi connectivity index (χ2n) is 4.28. The maximum Gasteiger partial charge on any atom is 0.253 e. The summed E-state index contributed by atoms with van der Waals surface area (Å²) < 4.78 is 1.48. The lowest BCUT2D eigenvalue weighted by Gasteiger charge is -2.24. The molecule has 0 amide bonds. The van der Waals surface area contributed by atoms with Gasteiger partial charge in [-0.25, -0.2) is 9.97 Å². The third-order valence-corrected chi connectivity index (χ3v) is 3.00. The first kappa shape index (κ1) is 10.9. The molecule has 0 spiro atoms. The Kier molecular flexibility index (Phi) is 2.79. The highest BCUT2D eigenvalue weighted by Gasteiger charge is 2.18. The third-order valence-electron chi connectivity index (χ3n) is 3.00. The minimum Gasteiger partial charge on any atom is -0.368 e. The molecule has 7 heteroatoms. The number of nitrogen functional groups attached to an aromatic ring is 1. The van der Waals surface area contributed by atoms with Gasteiger partial charge in [0.25, 0.3) is 5.95 Å². The second-order valence-corrected chi connectivity index (χ2v) is 4.28. The summed E-state index contributed by atoms with van der Waals surface area (Å²) >= 11 is 0. The van der Waals surface area contributed by atoms with E-state index in [4.69, 9.17) is 5.73 Å². The van der Waals surface area contributed by atoms with Gasteiger partial charge < -0.3 is 10.6 Å². The number of anilines is 2. The summed E-state index contributed by atoms with van der Waals surface area (Å²) in [5.74, 6) is 1.44. The Morgan fingerprint density at radius 3 is 2.44 bits per heavy atom. The van der Waals surface area contributed by atoms with Gasteiger partial charge in [-0.3, -0.25) is 0 Å². The molecule has 2 aromatic heterocycles. The van der Waals surface area contributed by atoms with Crippen LogP contribution in [0.2, 0.25) is 0 Å². The lowest BCUT2D eigenvalue weighted by molar-refractivity contribution is 0.567. The molecule has 0 unspecified atom stereocenters. The Bertz CT molecular complexity index is 515. The van der Waals surface area contributed by atoms with Crippen molar-refractivity contribution >= 4 is 11.9 Å². The van der Waals surface area contributed by atoms with Gasteiger partial charge in [0.2, 0.25) is 11.9 Å². The summed E-state index contributed by atoms with van der Waals surface area (Å²) in [5, 5.41) is 4.39. The van der Waals surface area contributed by atoms with Crippen LogP contribution in [0.3, 0.4) is 0 Å². The summed E-state index contributed by atoms with van der Waals surface area (Å²) in [6.45, 7) is 1.97. The van der Waals surface area contributed by atoms with E-state index in [1.54, 1.807) is 18.5 Å². The van der Waals surface area contributed by atoms with Crippen LogP contribution < -0.4 is 10.6 Å². The lowest BCUT2D eigenvalue weighted by atomic mass is 10.1. The lowest BCUT2D eigenvalue weighted by Crippen LogP contribution is -2.30. The van der Waals surface area contributed by atoms with Crippen LogP contribution in [0.5, 0.6) is 0 Å². The molecule has 1 aliphatic heterocycles. The Hall–Kier alpha value is -2.18. The molecule has 2 N–H and O–H groups in total. The van der Waals surface area contributed by atoms with E-state index in [9.17, 15) is 0 Å². The molecular weight excluding hydrogens is 230 g/mol. The number of piperidine rings is 1. The van der Waals surface area contributed by atoms with Crippen molar-refractivity contribution in [2.24, 2.45) is 0 Å². The van der Waals surface area contributed by atoms with E-state index in [1.165, 1.54) is 23.9 Å². The van der Waals surface area contributed by atoms with E-state index in [0.717, 1.165) is 13.1 Å². The van der Waals surface area contributed by atoms with Crippen molar-refractivity contribution in [1.29, 1.82) is 0 Å². The van der Waals surface area contributed by atoms with Crippen LogP contribution >= 0.6 is 0 Å². The minimum absolute atomic E-state index is 0.321. The fraction of sp³-hybridized carbons (Fsp3) is 0.455. The predicted octanol–water partition coefficient (Wildman–Crippen LogP) is 0.630. The van der Waals surface area contributed by atoms with Gasteiger partial charge >= 0.3 is 0 Å². The van der Waals surface area contributed by atoms with E-state index in [0.29, 0.717) is 17.8 Å². The van der Waals surface area contributed by atoms with Gasteiger partial charge in [-0.15, -0.1) is 5.10 Å². The van der Waals surface area contributed by atoms with E-state index in [-0.39, 0.29) is 0 Å². The third kappa shape index (κ3) is 1.99. The molecule has 0 atom stereocenters. The first-order chi connectivity index (χ1) is 8.84. The quantitative estimate of drug-likeness (QED) is 0.835. The normalized spacial score (nSPS) is 15.9. The first-order valence-electron chi connectivity index (χ1n) is 6.09. The zero-order chi connectivity index (χ0) is 12.4. The smallest absolute Gasteiger partial charge is 0.253 e. The van der Waals surface area contributed by atoms with Crippen LogP contribution in [0.1, 0.15) is 19.3 Å². The van der Waals surface area contributed by atoms with Crippen LogP contribution in [-0.2, 0) is 0 Å². The average molecular weight is 245 g/mol. The van der Waals surface area contributed by atoms with E-state index < -0.39 is 0 Å². The van der Waals surface area contributed by atoms with Crippen molar-refractivity contribution in [3.8, 4) is 5.95 Å². The molecule has 3 heterocycles. The van der Waals surface area contributed by atoms with E-state index in [2.05, 4.69) is 25.0 Å². The van der Waals surface area contributed by atoms with E-state index in [1.807, 2.05) is 0 Å². The molecule has 1 fully saturated rings. The van der Waals surface area contributed by atoms with Gasteiger partial charge in [0, 0.05) is 25.5 Å². The Balaban J connectivity index is 1.91. The number of nitrogens with two attached hydrogens (primary N) is 1. The molecule has 0 saturated carbocycles. The minimum atomic E-state index is 0.321. The van der Waals surface area contributed by atoms with Crippen molar-refractivity contribution in [2.45, 2.75) is 19.3 Å². The van der Waals surface area contributed by atoms with Crippen molar-refractivity contribution in [3.05, 3.63) is 18.5 Å². The summed E-state index contributed by atoms with van der Waals surface area (Å²) in [6.07, 6.45) is 6.94. The van der Waals surface area contributed by atoms with Gasteiger partial charge in [0.05, 0.1) is 0 Å². The van der Waals surface area contributed by atoms with Crippen molar-refractivity contribution in [1.82, 2.24) is 24.7 Å². The topological polar surface area (TPSA) is 85.8 Å². The molecule has 0 bridgehead atoms. The molecule has 3 rings (SSSR count). The molecule has 0 aromatic carbocycles. The van der Waals surface area contributed by atoms with Gasteiger partial charge in [-0.05, 0) is 25.3 Å². The highest BCUT2D eigenvalue weighted by Crippen LogP contribution is 2.18. The maximum absolute atomic E-state index is 5.86. The van der Waals surface area contributed by atoms with Gasteiger partial charge in [0.1, 0.15) is 0 Å². The standard InChI is InChI=1S/C11H15N7/c12-9-15-11(17-7-2-1-3-8-17)16-18(9)10-13-5-4-6-14-10/h4-6H,1-3,7-8H2,(H2,12,15,16). The molecular formula is C11H15N7. The summed E-state index contributed by atoms with van der Waals surface area (Å²) in [6, 6.07) is 1.75. The molecule has 2 aromatic rings. The number of aromatic nitrogens is 5. The zero-order valence-electron chi connectivity index (χ0n) is 10.0. The number of hydrogen-bond donors (Lipinski definition) is 1. The molecule has 7 nitrogen and oxygen atoms in total. The summed E-state index contributed by atoms with van der Waals surface area (Å²) in [4.78, 5) is 14.7. The maximum atomic E-state index is 5.86. The van der Waals surface area contributed by atoms with Gasteiger partial charge in [-0.1, -0.05) is 0 Å². The fourth-order valence-corrected chi connectivity index (χ4v) is 2.09. The summed E-state index contributed by atoms with van der Waals surface area (Å²) in [5.41, 5.74) is 5.86. The largest absolute Gasteiger partial charge is 0.368 e. The monoisotopic (exact) mass is 245 g/mol. The predicted molar refractivity (Wildman–Crippen MR) is 67.4 cm³/mol. The molecule has 18 heavy (non-hydrogen) atoms. The van der Waals surface area contributed by atoms with Crippen LogP contribution in [0.25, 0.3) is 5.95 Å². The highest BCUT2D eigenvalue weighted by atomic mass is 15.5. The molecule has 1 saturated heterocycles. The molecule has 0 radical (unpaired) electrons. The zero-order valence-corrected chi connectivity index (χ0v) is 10.0. The van der Waals surface area contributed by atoms with Crippen molar-refractivity contribution in [2.75, 3.05) is 23.7 Å². The number of hydrogen-bond acceptors (Lipinski definition) is 6. The van der Waals surface area contributed by atoms with Gasteiger partial charge in [0.15, 0.2) is 0 Å². The molecule has 94 valence electrons. The highest BCUT2D eigenvalue weighted by molar-refractivity contribution is 5.38. The van der Waals surface area contributed by atoms with Crippen LogP contribution in [0.4, 0.5) is 11.9 Å². The molecule has 1 aliphatic rings. The average Bonchev–Trinajstić information content (AvgIpc) is 2.83. The van der Waals surface area contributed by atoms with Crippen LogP contribution in [0, 0.1) is 0 Å². The second kappa shape index (κ2) is 4.59. The number of rotatable bonds is 2. The van der Waals surface area contributed by atoms with Crippen LogP contribution in [-0.4, -0.2) is 37.8 Å². The Morgan fingerprint density at radius 1 is 1.00 bits per heavy atom. The summed E-state index contributed by atoms with van der Waals surface area (Å²) in [7, 11) is 0. The van der Waals surface area contributed by atoms with E-state index >= 15 is 0 Å². The molecule has 0 aliphatic carbocycles. The van der Waals surface area contributed by atoms with Gasteiger partial charge in [-0.2, -0.15) is 9.67 Å².